The van der Waals surface area contributed by atoms with Crippen LogP contribution >= 0.6 is 11.8 Å². The SMILES string of the molecule is CCNC(=NCCNC(=O)C(C)C)N(C)Cc1ccc(SC)cc1. The lowest BCUT2D eigenvalue weighted by molar-refractivity contribution is -0.123. The highest BCUT2D eigenvalue weighted by atomic mass is 32.2. The molecule has 24 heavy (non-hydrogen) atoms. The van der Waals surface area contributed by atoms with Gasteiger partial charge in [-0.05, 0) is 30.9 Å². The van der Waals surface area contributed by atoms with Gasteiger partial charge < -0.3 is 15.5 Å². The van der Waals surface area contributed by atoms with E-state index in [1.54, 1.807) is 11.8 Å². The van der Waals surface area contributed by atoms with Crippen molar-refractivity contribution < 1.29 is 4.79 Å². The predicted octanol–water partition coefficient (Wildman–Crippen LogP) is 2.58. The zero-order chi connectivity index (χ0) is 17.9. The van der Waals surface area contributed by atoms with Crippen LogP contribution in [-0.4, -0.2) is 49.7 Å². The van der Waals surface area contributed by atoms with E-state index < -0.39 is 0 Å². The summed E-state index contributed by atoms with van der Waals surface area (Å²) in [6, 6.07) is 8.57. The summed E-state index contributed by atoms with van der Waals surface area (Å²) in [5.41, 5.74) is 1.24. The first-order valence-corrected chi connectivity index (χ1v) is 9.60. The molecule has 0 aliphatic rings. The van der Waals surface area contributed by atoms with E-state index in [2.05, 4.69) is 58.0 Å². The Kier molecular flexibility index (Phi) is 9.30. The molecule has 2 N–H and O–H groups in total. The molecule has 0 aliphatic heterocycles. The van der Waals surface area contributed by atoms with Crippen molar-refractivity contribution in [3.8, 4) is 0 Å². The van der Waals surface area contributed by atoms with Crippen molar-refractivity contribution in [2.45, 2.75) is 32.2 Å². The Bertz CT molecular complexity index is 528. The number of carbonyl (C=O) groups excluding carboxylic acids is 1. The van der Waals surface area contributed by atoms with E-state index in [1.807, 2.05) is 20.9 Å². The van der Waals surface area contributed by atoms with Gasteiger partial charge in [0.15, 0.2) is 5.96 Å². The van der Waals surface area contributed by atoms with Crippen LogP contribution in [0.1, 0.15) is 26.3 Å². The molecule has 0 saturated heterocycles. The minimum Gasteiger partial charge on any atom is -0.357 e. The summed E-state index contributed by atoms with van der Waals surface area (Å²) < 4.78 is 0. The second-order valence-electron chi connectivity index (χ2n) is 5.89. The zero-order valence-electron chi connectivity index (χ0n) is 15.4. The second-order valence-corrected chi connectivity index (χ2v) is 6.77. The van der Waals surface area contributed by atoms with Gasteiger partial charge in [0, 0.05) is 37.5 Å². The van der Waals surface area contributed by atoms with Crippen LogP contribution in [0.2, 0.25) is 0 Å². The molecule has 0 aromatic heterocycles. The van der Waals surface area contributed by atoms with E-state index in [-0.39, 0.29) is 11.8 Å². The number of hydrogen-bond donors (Lipinski definition) is 2. The van der Waals surface area contributed by atoms with Gasteiger partial charge in [0.2, 0.25) is 5.91 Å². The third-order valence-electron chi connectivity index (χ3n) is 3.47. The van der Waals surface area contributed by atoms with Crippen LogP contribution < -0.4 is 10.6 Å². The second kappa shape index (κ2) is 11.0. The van der Waals surface area contributed by atoms with Crippen LogP contribution in [0.4, 0.5) is 0 Å². The molecule has 1 aromatic rings. The maximum atomic E-state index is 11.6. The number of amides is 1. The third kappa shape index (κ3) is 7.25. The van der Waals surface area contributed by atoms with E-state index in [1.165, 1.54) is 10.5 Å². The highest BCUT2D eigenvalue weighted by molar-refractivity contribution is 7.98. The quantitative estimate of drug-likeness (QED) is 0.327. The topological polar surface area (TPSA) is 56.7 Å². The molecule has 0 bridgehead atoms. The first-order chi connectivity index (χ1) is 11.5. The molecule has 0 radical (unpaired) electrons. The molecule has 5 nitrogen and oxygen atoms in total. The maximum absolute atomic E-state index is 11.6. The number of thioether (sulfide) groups is 1. The van der Waals surface area contributed by atoms with Crippen LogP contribution in [0.3, 0.4) is 0 Å². The molecule has 0 saturated carbocycles. The molecule has 0 heterocycles. The van der Waals surface area contributed by atoms with Crippen molar-refractivity contribution in [2.75, 3.05) is 32.9 Å². The summed E-state index contributed by atoms with van der Waals surface area (Å²) in [7, 11) is 2.02. The monoisotopic (exact) mass is 350 g/mol. The molecule has 0 unspecified atom stereocenters. The maximum Gasteiger partial charge on any atom is 0.222 e. The third-order valence-corrected chi connectivity index (χ3v) is 4.22. The van der Waals surface area contributed by atoms with Crippen molar-refractivity contribution in [2.24, 2.45) is 10.9 Å². The number of carbonyl (C=O) groups is 1. The average molecular weight is 351 g/mol. The Hall–Kier alpha value is -1.69. The van der Waals surface area contributed by atoms with E-state index in [4.69, 9.17) is 0 Å². The molecule has 1 rings (SSSR count). The average Bonchev–Trinajstić information content (AvgIpc) is 2.57. The number of aliphatic imine (C=N–C) groups is 1. The molecular formula is C18H30N4OS. The van der Waals surface area contributed by atoms with E-state index in [9.17, 15) is 4.79 Å². The standard InChI is InChI=1S/C18H30N4OS/c1-6-19-18(21-12-11-20-17(23)14(2)3)22(4)13-15-7-9-16(24-5)10-8-15/h7-10,14H,6,11-13H2,1-5H3,(H,19,21)(H,20,23). The predicted molar refractivity (Wildman–Crippen MR) is 104 cm³/mol. The zero-order valence-corrected chi connectivity index (χ0v) is 16.2. The minimum absolute atomic E-state index is 0.00847. The Balaban J connectivity index is 2.57. The van der Waals surface area contributed by atoms with E-state index in [0.29, 0.717) is 13.1 Å². The molecule has 1 amide bonds. The molecule has 0 aliphatic carbocycles. The first kappa shape index (κ1) is 20.4. The van der Waals surface area contributed by atoms with Gasteiger partial charge in [-0.2, -0.15) is 0 Å². The summed E-state index contributed by atoms with van der Waals surface area (Å²) in [5.74, 6) is 0.928. The van der Waals surface area contributed by atoms with Crippen LogP contribution in [0, 0.1) is 5.92 Å². The largest absolute Gasteiger partial charge is 0.357 e. The van der Waals surface area contributed by atoms with Crippen LogP contribution in [0.5, 0.6) is 0 Å². The Morgan fingerprint density at radius 3 is 2.46 bits per heavy atom. The fraction of sp³-hybridized carbons (Fsp3) is 0.556. The molecule has 0 spiro atoms. The van der Waals surface area contributed by atoms with Gasteiger partial charge in [-0.1, -0.05) is 26.0 Å². The van der Waals surface area contributed by atoms with Crippen molar-refractivity contribution >= 4 is 23.6 Å². The number of hydrogen-bond acceptors (Lipinski definition) is 3. The highest BCUT2D eigenvalue weighted by Crippen LogP contribution is 2.15. The molecular weight excluding hydrogens is 320 g/mol. The Morgan fingerprint density at radius 1 is 1.25 bits per heavy atom. The van der Waals surface area contributed by atoms with E-state index in [0.717, 1.165) is 19.0 Å². The fourth-order valence-electron chi connectivity index (χ4n) is 2.09. The summed E-state index contributed by atoms with van der Waals surface area (Å²) in [6.07, 6.45) is 2.08. The number of guanidine groups is 1. The Labute approximate surface area is 150 Å². The normalized spacial score (nSPS) is 11.5. The lowest BCUT2D eigenvalue weighted by Gasteiger charge is -2.22. The molecule has 0 atom stereocenters. The number of rotatable bonds is 8. The van der Waals surface area contributed by atoms with Crippen LogP contribution in [-0.2, 0) is 11.3 Å². The van der Waals surface area contributed by atoms with Gasteiger partial charge in [-0.25, -0.2) is 0 Å². The summed E-state index contributed by atoms with van der Waals surface area (Å²) in [5, 5.41) is 6.18. The van der Waals surface area contributed by atoms with Gasteiger partial charge in [0.25, 0.3) is 0 Å². The molecule has 134 valence electrons. The van der Waals surface area contributed by atoms with Crippen LogP contribution in [0.15, 0.2) is 34.2 Å². The lowest BCUT2D eigenvalue weighted by atomic mass is 10.2. The summed E-state index contributed by atoms with van der Waals surface area (Å²) >= 11 is 1.74. The van der Waals surface area contributed by atoms with Crippen molar-refractivity contribution in [1.29, 1.82) is 0 Å². The van der Waals surface area contributed by atoms with Gasteiger partial charge >= 0.3 is 0 Å². The molecule has 6 heteroatoms. The lowest BCUT2D eigenvalue weighted by Crippen LogP contribution is -2.39. The van der Waals surface area contributed by atoms with Crippen molar-refractivity contribution in [1.82, 2.24) is 15.5 Å². The fourth-order valence-corrected chi connectivity index (χ4v) is 2.50. The van der Waals surface area contributed by atoms with Crippen molar-refractivity contribution in [3.63, 3.8) is 0 Å². The summed E-state index contributed by atoms with van der Waals surface area (Å²) in [4.78, 5) is 19.5. The summed E-state index contributed by atoms with van der Waals surface area (Å²) in [6.45, 7) is 8.55. The van der Waals surface area contributed by atoms with Crippen molar-refractivity contribution in [3.05, 3.63) is 29.8 Å². The van der Waals surface area contributed by atoms with E-state index >= 15 is 0 Å². The number of nitrogens with one attached hydrogen (secondary N) is 2. The Morgan fingerprint density at radius 2 is 1.92 bits per heavy atom. The van der Waals surface area contributed by atoms with Gasteiger partial charge in [-0.15, -0.1) is 11.8 Å². The number of nitrogens with zero attached hydrogens (tertiary/aromatic N) is 2. The van der Waals surface area contributed by atoms with Crippen LogP contribution in [0.25, 0.3) is 0 Å². The molecule has 0 fully saturated rings. The highest BCUT2D eigenvalue weighted by Gasteiger charge is 2.08. The minimum atomic E-state index is 0.00847. The number of benzene rings is 1. The smallest absolute Gasteiger partial charge is 0.222 e. The van der Waals surface area contributed by atoms with Gasteiger partial charge in [0.1, 0.15) is 0 Å². The first-order valence-electron chi connectivity index (χ1n) is 8.38. The van der Waals surface area contributed by atoms with Gasteiger partial charge in [-0.3, -0.25) is 9.79 Å². The molecule has 1 aromatic carbocycles. The van der Waals surface area contributed by atoms with Gasteiger partial charge in [0.05, 0.1) is 6.54 Å².